The zero-order valence-corrected chi connectivity index (χ0v) is 27.7. The maximum atomic E-state index is 6.18. The second-order valence-corrected chi connectivity index (χ2v) is 11.7. The molecule has 0 spiro atoms. The van der Waals surface area contributed by atoms with E-state index in [0.29, 0.717) is 13.2 Å². The summed E-state index contributed by atoms with van der Waals surface area (Å²) in [4.78, 5) is 4.49. The molecule has 6 aromatic carbocycles. The molecule has 6 rings (SSSR count). The van der Waals surface area contributed by atoms with Crippen LogP contribution in [-0.2, 0) is 18.0 Å². The Morgan fingerprint density at radius 1 is 0.327 bits per heavy atom. The van der Waals surface area contributed by atoms with Gasteiger partial charge in [-0.3, -0.25) is 0 Å². The molecular formula is C46H40N2O. The summed E-state index contributed by atoms with van der Waals surface area (Å²) in [6.07, 6.45) is 7.44. The molecule has 0 fully saturated rings. The van der Waals surface area contributed by atoms with E-state index in [2.05, 4.69) is 182 Å². The van der Waals surface area contributed by atoms with E-state index in [-0.39, 0.29) is 0 Å². The predicted octanol–water partition coefficient (Wildman–Crippen LogP) is 12.9. The van der Waals surface area contributed by atoms with Crippen molar-refractivity contribution in [3.05, 3.63) is 205 Å². The molecule has 0 bridgehead atoms. The first kappa shape index (κ1) is 32.8. The van der Waals surface area contributed by atoms with E-state index in [4.69, 9.17) is 4.74 Å². The predicted molar refractivity (Wildman–Crippen MR) is 211 cm³/mol. The first-order chi connectivity index (χ1) is 24.1. The van der Waals surface area contributed by atoms with Crippen LogP contribution in [-0.4, -0.2) is 0 Å². The summed E-state index contributed by atoms with van der Waals surface area (Å²) >= 11 is 0. The quantitative estimate of drug-likeness (QED) is 0.118. The van der Waals surface area contributed by atoms with Crippen molar-refractivity contribution >= 4 is 58.4 Å². The second kappa shape index (κ2) is 15.6. The van der Waals surface area contributed by atoms with Gasteiger partial charge in [-0.25, -0.2) is 0 Å². The molecular weight excluding hydrogens is 597 g/mol. The Morgan fingerprint density at radius 3 is 0.735 bits per heavy atom. The monoisotopic (exact) mass is 636 g/mol. The Bertz CT molecular complexity index is 1750. The fraction of sp³-hybridized carbons (Fsp3) is 0.0435. The van der Waals surface area contributed by atoms with Crippen molar-refractivity contribution in [2.45, 2.75) is 13.2 Å². The molecule has 0 aromatic heterocycles. The lowest BCUT2D eigenvalue weighted by atomic mass is 10.1. The second-order valence-electron chi connectivity index (χ2n) is 11.7. The van der Waals surface area contributed by atoms with Crippen LogP contribution in [0.3, 0.4) is 0 Å². The molecule has 3 nitrogen and oxygen atoms in total. The van der Waals surface area contributed by atoms with Gasteiger partial charge in [-0.2, -0.15) is 0 Å². The van der Waals surface area contributed by atoms with Crippen LogP contribution in [0.25, 0.3) is 24.3 Å². The Morgan fingerprint density at radius 2 is 0.531 bits per heavy atom. The molecule has 0 heterocycles. The average Bonchev–Trinajstić information content (AvgIpc) is 3.17. The maximum Gasteiger partial charge on any atom is 0.0721 e. The van der Waals surface area contributed by atoms with Gasteiger partial charge >= 0.3 is 0 Å². The van der Waals surface area contributed by atoms with Crippen molar-refractivity contribution in [3.8, 4) is 0 Å². The van der Waals surface area contributed by atoms with Gasteiger partial charge in [0.15, 0.2) is 0 Å². The molecule has 0 unspecified atom stereocenters. The lowest BCUT2D eigenvalue weighted by Gasteiger charge is -2.26. The fourth-order valence-electron chi connectivity index (χ4n) is 5.70. The van der Waals surface area contributed by atoms with Gasteiger partial charge in [0, 0.05) is 34.1 Å². The molecule has 0 amide bonds. The molecule has 240 valence electrons. The highest BCUT2D eigenvalue weighted by atomic mass is 16.5. The summed E-state index contributed by atoms with van der Waals surface area (Å²) in [6.45, 7) is 16.6. The third-order valence-corrected chi connectivity index (χ3v) is 8.47. The number of rotatable bonds is 14. The third-order valence-electron chi connectivity index (χ3n) is 8.47. The van der Waals surface area contributed by atoms with Crippen molar-refractivity contribution in [1.29, 1.82) is 0 Å². The molecule has 0 saturated carbocycles. The number of hydrogen-bond acceptors (Lipinski definition) is 3. The lowest BCUT2D eigenvalue weighted by molar-refractivity contribution is 0.107. The van der Waals surface area contributed by atoms with Crippen LogP contribution in [0.1, 0.15) is 33.4 Å². The molecule has 0 saturated heterocycles. The van der Waals surface area contributed by atoms with Crippen LogP contribution in [0.5, 0.6) is 0 Å². The van der Waals surface area contributed by atoms with Crippen LogP contribution < -0.4 is 9.80 Å². The highest BCUT2D eigenvalue weighted by Gasteiger charge is 2.14. The maximum absolute atomic E-state index is 6.18. The van der Waals surface area contributed by atoms with E-state index < -0.39 is 0 Å². The molecule has 0 aliphatic rings. The fourth-order valence-corrected chi connectivity index (χ4v) is 5.70. The first-order valence-electron chi connectivity index (χ1n) is 16.3. The van der Waals surface area contributed by atoms with E-state index in [0.717, 1.165) is 67.5 Å². The van der Waals surface area contributed by atoms with Gasteiger partial charge in [-0.15, -0.1) is 0 Å². The Kier molecular flexibility index (Phi) is 10.4. The standard InChI is InChI=1S/C46H40N2O/c1-5-35-9-21-41(22-10-35)47(42-23-11-36(6-2)12-24-42)45-29-17-39(18-30-45)33-49-34-40-19-31-46(32-20-40)48(43-25-13-37(7-3)14-26-43)44-27-15-38(8-4)16-28-44/h5-32H,1-4,33-34H2. The van der Waals surface area contributed by atoms with Gasteiger partial charge < -0.3 is 14.5 Å². The molecule has 0 atom stereocenters. The van der Waals surface area contributed by atoms with E-state index >= 15 is 0 Å². The van der Waals surface area contributed by atoms with Gasteiger partial charge in [-0.1, -0.05) is 123 Å². The van der Waals surface area contributed by atoms with E-state index in [1.165, 1.54) is 0 Å². The van der Waals surface area contributed by atoms with E-state index in [1.807, 2.05) is 24.3 Å². The van der Waals surface area contributed by atoms with Gasteiger partial charge in [-0.05, 0) is 106 Å². The number of anilines is 6. The van der Waals surface area contributed by atoms with Crippen LogP contribution in [0.2, 0.25) is 0 Å². The SMILES string of the molecule is C=Cc1ccc(N(c2ccc(C=C)cc2)c2ccc(COCc3ccc(N(c4ccc(C=C)cc4)c4ccc(C=C)cc4)cc3)cc2)cc1. The number of benzene rings is 6. The van der Waals surface area contributed by atoms with Crippen molar-refractivity contribution in [1.82, 2.24) is 0 Å². The largest absolute Gasteiger partial charge is 0.372 e. The van der Waals surface area contributed by atoms with Crippen LogP contribution in [0, 0.1) is 0 Å². The Hall–Kier alpha value is -6.16. The number of nitrogens with zero attached hydrogens (tertiary/aromatic N) is 2. The zero-order chi connectivity index (χ0) is 34.0. The molecule has 3 heteroatoms. The van der Waals surface area contributed by atoms with Crippen molar-refractivity contribution in [2.75, 3.05) is 9.80 Å². The molecule has 0 N–H and O–H groups in total. The van der Waals surface area contributed by atoms with Gasteiger partial charge in [0.2, 0.25) is 0 Å². The van der Waals surface area contributed by atoms with Gasteiger partial charge in [0.05, 0.1) is 13.2 Å². The summed E-state index contributed by atoms with van der Waals surface area (Å²) in [5, 5.41) is 0. The van der Waals surface area contributed by atoms with Crippen LogP contribution in [0.4, 0.5) is 34.1 Å². The highest BCUT2D eigenvalue weighted by Crippen LogP contribution is 2.36. The highest BCUT2D eigenvalue weighted by molar-refractivity contribution is 5.79. The number of hydrogen-bond donors (Lipinski definition) is 0. The zero-order valence-electron chi connectivity index (χ0n) is 27.7. The average molecular weight is 637 g/mol. The molecule has 0 aliphatic heterocycles. The van der Waals surface area contributed by atoms with Crippen LogP contribution in [0.15, 0.2) is 172 Å². The summed E-state index contributed by atoms with van der Waals surface area (Å²) in [7, 11) is 0. The Labute approximate surface area is 290 Å². The van der Waals surface area contributed by atoms with Crippen molar-refractivity contribution in [2.24, 2.45) is 0 Å². The molecule has 49 heavy (non-hydrogen) atoms. The molecule has 0 radical (unpaired) electrons. The molecule has 6 aromatic rings. The van der Waals surface area contributed by atoms with Crippen molar-refractivity contribution in [3.63, 3.8) is 0 Å². The summed E-state index contributed by atoms with van der Waals surface area (Å²) in [6, 6.07) is 50.8. The minimum absolute atomic E-state index is 0.515. The van der Waals surface area contributed by atoms with E-state index in [9.17, 15) is 0 Å². The van der Waals surface area contributed by atoms with Gasteiger partial charge in [0.1, 0.15) is 0 Å². The summed E-state index contributed by atoms with van der Waals surface area (Å²) in [5.41, 5.74) is 13.0. The van der Waals surface area contributed by atoms with Gasteiger partial charge in [0.25, 0.3) is 0 Å². The lowest BCUT2D eigenvalue weighted by Crippen LogP contribution is -2.10. The first-order valence-corrected chi connectivity index (χ1v) is 16.3. The molecule has 0 aliphatic carbocycles. The van der Waals surface area contributed by atoms with E-state index in [1.54, 1.807) is 0 Å². The van der Waals surface area contributed by atoms with Crippen molar-refractivity contribution < 1.29 is 4.74 Å². The topological polar surface area (TPSA) is 15.7 Å². The summed E-state index contributed by atoms with van der Waals surface area (Å²) in [5.74, 6) is 0. The van der Waals surface area contributed by atoms with Crippen LogP contribution >= 0.6 is 0 Å². The summed E-state index contributed by atoms with van der Waals surface area (Å²) < 4.78 is 6.18. The minimum atomic E-state index is 0.515. The third kappa shape index (κ3) is 7.87. The smallest absolute Gasteiger partial charge is 0.0721 e. The normalized spacial score (nSPS) is 10.6. The Balaban J connectivity index is 1.14. The number of ether oxygens (including phenoxy) is 1. The minimum Gasteiger partial charge on any atom is -0.372 e.